The molecule has 5 rings (SSSR count). The Kier molecular flexibility index (Phi) is 4.36. The highest BCUT2D eigenvalue weighted by atomic mass is 16.3. The van der Waals surface area contributed by atoms with Crippen molar-refractivity contribution in [3.05, 3.63) is 65.4 Å². The molecule has 0 spiro atoms. The van der Waals surface area contributed by atoms with Crippen molar-refractivity contribution in [3.8, 4) is 17.3 Å². The average molecular weight is 381 g/mol. The van der Waals surface area contributed by atoms with Gasteiger partial charge in [0, 0.05) is 22.9 Å². The topological polar surface area (TPSA) is 40.8 Å². The second-order valence-corrected chi connectivity index (χ2v) is 8.31. The van der Waals surface area contributed by atoms with Crippen molar-refractivity contribution in [3.63, 3.8) is 0 Å². The molecular weight excluding hydrogens is 356 g/mol. The van der Waals surface area contributed by atoms with Crippen LogP contribution in [-0.2, 0) is 7.05 Å². The van der Waals surface area contributed by atoms with Gasteiger partial charge in [-0.1, -0.05) is 25.3 Å². The Morgan fingerprint density at radius 2 is 1.86 bits per heavy atom. The molecule has 2 heterocycles. The van der Waals surface area contributed by atoms with E-state index in [1.165, 1.54) is 43.2 Å². The SMILES string of the molecule is Cc1cc2c(cc1-c1cccc[n+]1C)oc1ccc(C3CCCCC3)c(C#N)c12. The number of pyridine rings is 1. The van der Waals surface area contributed by atoms with Crippen LogP contribution >= 0.6 is 0 Å². The predicted molar refractivity (Wildman–Crippen MR) is 116 cm³/mol. The van der Waals surface area contributed by atoms with Gasteiger partial charge in [0.25, 0.3) is 0 Å². The van der Waals surface area contributed by atoms with E-state index in [0.29, 0.717) is 5.92 Å². The fraction of sp³-hybridized carbons (Fsp3) is 0.308. The molecule has 4 aromatic rings. The molecule has 3 nitrogen and oxygen atoms in total. The zero-order valence-electron chi connectivity index (χ0n) is 17.0. The van der Waals surface area contributed by atoms with Gasteiger partial charge in [0.2, 0.25) is 5.69 Å². The van der Waals surface area contributed by atoms with Crippen LogP contribution < -0.4 is 4.57 Å². The first-order valence-corrected chi connectivity index (χ1v) is 10.5. The van der Waals surface area contributed by atoms with E-state index in [1.807, 2.05) is 6.07 Å². The van der Waals surface area contributed by atoms with E-state index in [9.17, 15) is 5.26 Å². The Morgan fingerprint density at radius 1 is 1.03 bits per heavy atom. The van der Waals surface area contributed by atoms with Gasteiger partial charge in [-0.15, -0.1) is 0 Å². The van der Waals surface area contributed by atoms with Crippen molar-refractivity contribution in [1.82, 2.24) is 0 Å². The molecule has 144 valence electrons. The van der Waals surface area contributed by atoms with Gasteiger partial charge < -0.3 is 4.42 Å². The third kappa shape index (κ3) is 2.91. The van der Waals surface area contributed by atoms with Crippen LogP contribution in [0.5, 0.6) is 0 Å². The molecule has 0 bridgehead atoms. The fourth-order valence-electron chi connectivity index (χ4n) is 4.99. The number of furan rings is 1. The zero-order valence-corrected chi connectivity index (χ0v) is 17.0. The number of rotatable bonds is 2. The summed E-state index contributed by atoms with van der Waals surface area (Å²) in [6.45, 7) is 2.14. The summed E-state index contributed by atoms with van der Waals surface area (Å²) >= 11 is 0. The minimum absolute atomic E-state index is 0.497. The van der Waals surface area contributed by atoms with Gasteiger partial charge in [0.15, 0.2) is 6.20 Å². The maximum atomic E-state index is 10.1. The lowest BCUT2D eigenvalue weighted by atomic mass is 9.81. The van der Waals surface area contributed by atoms with Crippen LogP contribution in [0, 0.1) is 18.3 Å². The standard InChI is InChI=1S/C26H25N2O/c1-17-14-21-25(15-20(17)23-10-6-7-13-28(23)2)29-24-12-11-19(22(16-27)26(21)24)18-8-4-3-5-9-18/h6-7,10-15,18H,3-5,8-9H2,1-2H3/q+1. The normalized spacial score (nSPS) is 15.1. The van der Waals surface area contributed by atoms with Crippen molar-refractivity contribution in [2.75, 3.05) is 0 Å². The summed E-state index contributed by atoms with van der Waals surface area (Å²) in [5.41, 5.74) is 7.17. The number of aromatic nitrogens is 1. The van der Waals surface area contributed by atoms with Crippen LogP contribution in [0.4, 0.5) is 0 Å². The second kappa shape index (κ2) is 7.04. The largest absolute Gasteiger partial charge is 0.456 e. The molecule has 1 aliphatic carbocycles. The number of nitrogens with zero attached hydrogens (tertiary/aromatic N) is 2. The molecule has 2 aromatic heterocycles. The number of hydrogen-bond acceptors (Lipinski definition) is 2. The Bertz CT molecular complexity index is 1270. The Balaban J connectivity index is 1.75. The van der Waals surface area contributed by atoms with Gasteiger partial charge >= 0.3 is 0 Å². The highest BCUT2D eigenvalue weighted by Gasteiger charge is 2.23. The summed E-state index contributed by atoms with van der Waals surface area (Å²) in [7, 11) is 2.06. The Labute approximate surface area is 171 Å². The summed E-state index contributed by atoms with van der Waals surface area (Å²) in [6, 6.07) is 17.3. The molecule has 0 atom stereocenters. The lowest BCUT2D eigenvalue weighted by Gasteiger charge is -2.23. The van der Waals surface area contributed by atoms with E-state index in [2.05, 4.69) is 67.2 Å². The van der Waals surface area contributed by atoms with Gasteiger partial charge in [0.05, 0.1) is 11.1 Å². The minimum Gasteiger partial charge on any atom is -0.456 e. The third-order valence-corrected chi connectivity index (χ3v) is 6.50. The number of aryl methyl sites for hydroxylation is 2. The number of hydrogen-bond donors (Lipinski definition) is 0. The highest BCUT2D eigenvalue weighted by Crippen LogP contribution is 2.41. The van der Waals surface area contributed by atoms with Crippen LogP contribution in [0.3, 0.4) is 0 Å². The van der Waals surface area contributed by atoms with Gasteiger partial charge in [-0.3, -0.25) is 0 Å². The molecule has 1 fully saturated rings. The van der Waals surface area contributed by atoms with E-state index in [-0.39, 0.29) is 0 Å². The summed E-state index contributed by atoms with van der Waals surface area (Å²) in [5.74, 6) is 0.497. The fourth-order valence-corrected chi connectivity index (χ4v) is 4.99. The lowest BCUT2D eigenvalue weighted by Crippen LogP contribution is -2.30. The van der Waals surface area contributed by atoms with E-state index in [0.717, 1.165) is 38.8 Å². The first kappa shape index (κ1) is 17.9. The molecule has 0 unspecified atom stereocenters. The van der Waals surface area contributed by atoms with Crippen LogP contribution in [-0.4, -0.2) is 0 Å². The van der Waals surface area contributed by atoms with Gasteiger partial charge in [-0.25, -0.2) is 4.57 Å². The van der Waals surface area contributed by atoms with Crippen LogP contribution in [0.1, 0.15) is 54.7 Å². The monoisotopic (exact) mass is 381 g/mol. The molecule has 0 N–H and O–H groups in total. The second-order valence-electron chi connectivity index (χ2n) is 8.31. The Morgan fingerprint density at radius 3 is 2.62 bits per heavy atom. The molecular formula is C26H25N2O+. The lowest BCUT2D eigenvalue weighted by molar-refractivity contribution is -0.660. The molecule has 0 amide bonds. The molecule has 1 aliphatic rings. The van der Waals surface area contributed by atoms with Crippen molar-refractivity contribution >= 4 is 21.9 Å². The third-order valence-electron chi connectivity index (χ3n) is 6.50. The van der Waals surface area contributed by atoms with Crippen molar-refractivity contribution in [1.29, 1.82) is 5.26 Å². The maximum absolute atomic E-state index is 10.1. The summed E-state index contributed by atoms with van der Waals surface area (Å²) in [5, 5.41) is 12.1. The number of fused-ring (bicyclic) bond motifs is 3. The summed E-state index contributed by atoms with van der Waals surface area (Å²) in [4.78, 5) is 0. The van der Waals surface area contributed by atoms with Crippen LogP contribution in [0.15, 0.2) is 53.1 Å². The van der Waals surface area contributed by atoms with E-state index in [4.69, 9.17) is 4.42 Å². The molecule has 0 radical (unpaired) electrons. The van der Waals surface area contributed by atoms with Gasteiger partial charge in [-0.2, -0.15) is 5.26 Å². The van der Waals surface area contributed by atoms with Crippen molar-refractivity contribution < 1.29 is 8.98 Å². The van der Waals surface area contributed by atoms with E-state index < -0.39 is 0 Å². The molecule has 0 saturated heterocycles. The minimum atomic E-state index is 0.497. The molecule has 1 saturated carbocycles. The van der Waals surface area contributed by atoms with Crippen LogP contribution in [0.25, 0.3) is 33.2 Å². The first-order chi connectivity index (χ1) is 14.2. The molecule has 29 heavy (non-hydrogen) atoms. The first-order valence-electron chi connectivity index (χ1n) is 10.5. The number of nitriles is 1. The smallest absolute Gasteiger partial charge is 0.212 e. The van der Waals surface area contributed by atoms with Crippen molar-refractivity contribution in [2.45, 2.75) is 44.9 Å². The summed E-state index contributed by atoms with van der Waals surface area (Å²) < 4.78 is 8.36. The molecule has 3 heteroatoms. The van der Waals surface area contributed by atoms with E-state index >= 15 is 0 Å². The quantitative estimate of drug-likeness (QED) is 0.382. The average Bonchev–Trinajstić information content (AvgIpc) is 3.11. The highest BCUT2D eigenvalue weighted by molar-refractivity contribution is 6.09. The Hall–Kier alpha value is -3.12. The number of benzene rings is 2. The van der Waals surface area contributed by atoms with E-state index in [1.54, 1.807) is 0 Å². The van der Waals surface area contributed by atoms with Gasteiger partial charge in [-0.05, 0) is 61.1 Å². The predicted octanol–water partition coefficient (Wildman–Crippen LogP) is 6.31. The molecule has 0 aliphatic heterocycles. The molecule has 2 aromatic carbocycles. The maximum Gasteiger partial charge on any atom is 0.212 e. The van der Waals surface area contributed by atoms with Crippen LogP contribution in [0.2, 0.25) is 0 Å². The van der Waals surface area contributed by atoms with Gasteiger partial charge in [0.1, 0.15) is 24.3 Å². The summed E-state index contributed by atoms with van der Waals surface area (Å²) in [6.07, 6.45) is 8.26. The zero-order chi connectivity index (χ0) is 20.0. The van der Waals surface area contributed by atoms with Crippen molar-refractivity contribution in [2.24, 2.45) is 7.05 Å².